The lowest BCUT2D eigenvalue weighted by Crippen LogP contribution is -2.61. The summed E-state index contributed by atoms with van der Waals surface area (Å²) in [4.78, 5) is 2.72. The second-order valence-electron chi connectivity index (χ2n) is 6.99. The Morgan fingerprint density at radius 2 is 1.94 bits per heavy atom. The van der Waals surface area contributed by atoms with Crippen LogP contribution in [0.2, 0.25) is 0 Å². The van der Waals surface area contributed by atoms with Gasteiger partial charge in [0.2, 0.25) is 0 Å². The van der Waals surface area contributed by atoms with Crippen LogP contribution < -0.4 is 5.32 Å². The molecule has 1 fully saturated rings. The zero-order valence-electron chi connectivity index (χ0n) is 12.7. The summed E-state index contributed by atoms with van der Waals surface area (Å²) in [7, 11) is 0. The molecule has 0 saturated carbocycles. The fourth-order valence-electron chi connectivity index (χ4n) is 2.68. The van der Waals surface area contributed by atoms with Crippen molar-refractivity contribution >= 4 is 0 Å². The third-order valence-corrected chi connectivity index (χ3v) is 4.07. The lowest BCUT2D eigenvalue weighted by atomic mass is 9.83. The Bertz CT molecular complexity index is 217. The van der Waals surface area contributed by atoms with Crippen LogP contribution >= 0.6 is 0 Å². The quantitative estimate of drug-likeness (QED) is 0.812. The molecule has 0 aliphatic carbocycles. The van der Waals surface area contributed by atoms with Crippen LogP contribution in [0.4, 0.5) is 0 Å². The minimum atomic E-state index is 0.367. The summed E-state index contributed by atoms with van der Waals surface area (Å²) in [5, 5.41) is 3.76. The van der Waals surface area contributed by atoms with Gasteiger partial charge in [0.1, 0.15) is 0 Å². The zero-order chi connectivity index (χ0) is 13.1. The lowest BCUT2D eigenvalue weighted by molar-refractivity contribution is 0.0623. The van der Waals surface area contributed by atoms with E-state index in [1.165, 1.54) is 25.9 Å². The predicted molar refractivity (Wildman–Crippen MR) is 76.4 cm³/mol. The van der Waals surface area contributed by atoms with Gasteiger partial charge < -0.3 is 5.32 Å². The average Bonchev–Trinajstić information content (AvgIpc) is 2.24. The van der Waals surface area contributed by atoms with E-state index in [2.05, 4.69) is 51.8 Å². The van der Waals surface area contributed by atoms with Crippen molar-refractivity contribution in [3.8, 4) is 0 Å². The van der Waals surface area contributed by atoms with Gasteiger partial charge in [0.05, 0.1) is 0 Å². The highest BCUT2D eigenvalue weighted by Crippen LogP contribution is 2.25. The van der Waals surface area contributed by atoms with Crippen molar-refractivity contribution in [2.24, 2.45) is 11.3 Å². The molecule has 2 heteroatoms. The summed E-state index contributed by atoms with van der Waals surface area (Å²) in [5.74, 6) is 0.750. The highest BCUT2D eigenvalue weighted by Gasteiger charge is 2.34. The number of rotatable bonds is 4. The first-order valence-electron chi connectivity index (χ1n) is 7.33. The van der Waals surface area contributed by atoms with Gasteiger partial charge in [0.15, 0.2) is 0 Å². The summed E-state index contributed by atoms with van der Waals surface area (Å²) in [5.41, 5.74) is 0.367. The van der Waals surface area contributed by atoms with Crippen molar-refractivity contribution in [3.63, 3.8) is 0 Å². The van der Waals surface area contributed by atoms with E-state index in [1.807, 2.05) is 0 Å². The summed E-state index contributed by atoms with van der Waals surface area (Å²) < 4.78 is 0. The molecule has 0 spiro atoms. The third-order valence-electron chi connectivity index (χ3n) is 4.07. The molecule has 102 valence electrons. The molecule has 0 amide bonds. The molecule has 0 radical (unpaired) electrons. The Morgan fingerprint density at radius 1 is 1.29 bits per heavy atom. The maximum Gasteiger partial charge on any atom is 0.0244 e. The summed E-state index contributed by atoms with van der Waals surface area (Å²) in [6, 6.07) is 1.36. The molecule has 1 aliphatic heterocycles. The number of hydrogen-bond donors (Lipinski definition) is 1. The average molecular weight is 240 g/mol. The molecule has 1 N–H and O–H groups in total. The zero-order valence-corrected chi connectivity index (χ0v) is 12.7. The van der Waals surface area contributed by atoms with Crippen molar-refractivity contribution < 1.29 is 0 Å². The largest absolute Gasteiger partial charge is 0.311 e. The Morgan fingerprint density at radius 3 is 2.41 bits per heavy atom. The summed E-state index contributed by atoms with van der Waals surface area (Å²) in [6.45, 7) is 17.7. The highest BCUT2D eigenvalue weighted by molar-refractivity contribution is 4.92. The van der Waals surface area contributed by atoms with E-state index in [9.17, 15) is 0 Å². The third kappa shape index (κ3) is 4.26. The first kappa shape index (κ1) is 15.0. The smallest absolute Gasteiger partial charge is 0.0244 e. The minimum absolute atomic E-state index is 0.367. The van der Waals surface area contributed by atoms with Gasteiger partial charge in [0.25, 0.3) is 0 Å². The molecule has 1 heterocycles. The van der Waals surface area contributed by atoms with Crippen LogP contribution in [-0.2, 0) is 0 Å². The van der Waals surface area contributed by atoms with Crippen LogP contribution in [0.1, 0.15) is 54.4 Å². The molecule has 1 aliphatic rings. The molecule has 0 aromatic carbocycles. The molecule has 2 atom stereocenters. The topological polar surface area (TPSA) is 15.3 Å². The van der Waals surface area contributed by atoms with E-state index in [4.69, 9.17) is 0 Å². The molecule has 0 aromatic heterocycles. The van der Waals surface area contributed by atoms with Gasteiger partial charge in [-0.25, -0.2) is 0 Å². The van der Waals surface area contributed by atoms with Crippen LogP contribution in [0.5, 0.6) is 0 Å². The molecule has 17 heavy (non-hydrogen) atoms. The normalized spacial score (nSPS) is 27.7. The Hall–Kier alpha value is -0.0800. The number of unbranched alkanes of at least 4 members (excludes halogenated alkanes) is 1. The number of nitrogens with zero attached hydrogens (tertiary/aromatic N) is 1. The number of nitrogens with one attached hydrogen (secondary N) is 1. The van der Waals surface area contributed by atoms with E-state index in [1.54, 1.807) is 0 Å². The van der Waals surface area contributed by atoms with E-state index in [-0.39, 0.29) is 0 Å². The Kier molecular flexibility index (Phi) is 5.46. The predicted octanol–water partition coefficient (Wildman–Crippen LogP) is 3.13. The van der Waals surface area contributed by atoms with Crippen molar-refractivity contribution in [1.29, 1.82) is 0 Å². The van der Waals surface area contributed by atoms with Crippen molar-refractivity contribution in [3.05, 3.63) is 0 Å². The fraction of sp³-hybridized carbons (Fsp3) is 1.00. The first-order chi connectivity index (χ1) is 7.86. The molecular formula is C15H32N2. The molecule has 0 aromatic rings. The van der Waals surface area contributed by atoms with Crippen LogP contribution in [0.25, 0.3) is 0 Å². The van der Waals surface area contributed by atoms with Crippen LogP contribution in [0.3, 0.4) is 0 Å². The highest BCUT2D eigenvalue weighted by atomic mass is 15.2. The van der Waals surface area contributed by atoms with E-state index < -0.39 is 0 Å². The second kappa shape index (κ2) is 6.19. The number of piperazine rings is 1. The van der Waals surface area contributed by atoms with Gasteiger partial charge in [0, 0.05) is 25.2 Å². The van der Waals surface area contributed by atoms with Crippen molar-refractivity contribution in [2.45, 2.75) is 66.5 Å². The second-order valence-corrected chi connectivity index (χ2v) is 6.99. The van der Waals surface area contributed by atoms with Gasteiger partial charge in [-0.1, -0.05) is 48.0 Å². The van der Waals surface area contributed by atoms with E-state index >= 15 is 0 Å². The van der Waals surface area contributed by atoms with Crippen molar-refractivity contribution in [1.82, 2.24) is 10.2 Å². The first-order valence-corrected chi connectivity index (χ1v) is 7.33. The van der Waals surface area contributed by atoms with Gasteiger partial charge >= 0.3 is 0 Å². The monoisotopic (exact) mass is 240 g/mol. The Labute approximate surface area is 108 Å². The van der Waals surface area contributed by atoms with Gasteiger partial charge in [-0.05, 0) is 24.3 Å². The van der Waals surface area contributed by atoms with Crippen LogP contribution in [0.15, 0.2) is 0 Å². The minimum Gasteiger partial charge on any atom is -0.311 e. The summed E-state index contributed by atoms with van der Waals surface area (Å²) in [6.07, 6.45) is 2.63. The maximum atomic E-state index is 3.76. The standard InChI is InChI=1S/C15H32N2/c1-7-8-9-17-11-14(15(4,5)6)16-10-13(17)12(2)3/h12-14,16H,7-11H2,1-6H3. The molecule has 2 nitrogen and oxygen atoms in total. The molecule has 0 bridgehead atoms. The van der Waals surface area contributed by atoms with Gasteiger partial charge in [-0.3, -0.25) is 4.90 Å². The molecular weight excluding hydrogens is 208 g/mol. The van der Waals surface area contributed by atoms with E-state index in [0.717, 1.165) is 18.5 Å². The maximum absolute atomic E-state index is 3.76. The Balaban J connectivity index is 2.63. The fourth-order valence-corrected chi connectivity index (χ4v) is 2.68. The van der Waals surface area contributed by atoms with Crippen LogP contribution in [0, 0.1) is 11.3 Å². The lowest BCUT2D eigenvalue weighted by Gasteiger charge is -2.46. The number of hydrogen-bond acceptors (Lipinski definition) is 2. The van der Waals surface area contributed by atoms with E-state index in [0.29, 0.717) is 11.5 Å². The summed E-state index contributed by atoms with van der Waals surface area (Å²) >= 11 is 0. The molecule has 1 saturated heterocycles. The van der Waals surface area contributed by atoms with Gasteiger partial charge in [-0.2, -0.15) is 0 Å². The van der Waals surface area contributed by atoms with Gasteiger partial charge in [-0.15, -0.1) is 0 Å². The SMILES string of the molecule is CCCCN1CC(C(C)(C)C)NCC1C(C)C. The molecule has 2 unspecified atom stereocenters. The van der Waals surface area contributed by atoms with Crippen molar-refractivity contribution in [2.75, 3.05) is 19.6 Å². The molecule has 1 rings (SSSR count). The van der Waals surface area contributed by atoms with Crippen LogP contribution in [-0.4, -0.2) is 36.6 Å².